The molecule has 0 bridgehead atoms. The first-order valence-corrected chi connectivity index (χ1v) is 3.57. The van der Waals surface area contributed by atoms with E-state index in [4.69, 9.17) is 0 Å². The van der Waals surface area contributed by atoms with Crippen molar-refractivity contribution in [3.63, 3.8) is 0 Å². The van der Waals surface area contributed by atoms with Gasteiger partial charge in [-0.3, -0.25) is 4.39 Å². The summed E-state index contributed by atoms with van der Waals surface area (Å²) in [5.41, 5.74) is -0.178. The first kappa shape index (κ1) is 9.10. The fourth-order valence-electron chi connectivity index (χ4n) is 0.884. The average molecular weight is 173 g/mol. The first-order chi connectivity index (χ1) is 5.67. The van der Waals surface area contributed by atoms with Gasteiger partial charge >= 0.3 is 0 Å². The summed E-state index contributed by atoms with van der Waals surface area (Å²) in [5.74, 6) is -3.06. The number of hydrogen-bond donors (Lipinski definition) is 0. The Morgan fingerprint density at radius 2 is 2.17 bits per heavy atom. The Morgan fingerprint density at radius 1 is 1.42 bits per heavy atom. The minimum atomic E-state index is -3.06. The monoisotopic (exact) mass is 173 g/mol. The van der Waals surface area contributed by atoms with Crippen molar-refractivity contribution in [2.75, 3.05) is 6.67 Å². The molecule has 1 radical (unpaired) electrons. The molecule has 65 valence electrons. The molecule has 1 aromatic carbocycles. The van der Waals surface area contributed by atoms with E-state index >= 15 is 0 Å². The first-order valence-electron chi connectivity index (χ1n) is 3.57. The zero-order valence-electron chi connectivity index (χ0n) is 6.36. The van der Waals surface area contributed by atoms with Gasteiger partial charge in [0.25, 0.3) is 5.92 Å². The summed E-state index contributed by atoms with van der Waals surface area (Å²) in [4.78, 5) is 0. The van der Waals surface area contributed by atoms with Crippen molar-refractivity contribution in [2.45, 2.75) is 12.3 Å². The standard InChI is InChI=1S/C9H8F3/c10-7-6-9(11,12)8-4-2-1-3-5-8/h1-2,4-5H,6-7H2. The van der Waals surface area contributed by atoms with Crippen LogP contribution in [0.4, 0.5) is 13.2 Å². The fraction of sp³-hybridized carbons (Fsp3) is 0.333. The Kier molecular flexibility index (Phi) is 2.74. The van der Waals surface area contributed by atoms with Crippen LogP contribution < -0.4 is 0 Å². The lowest BCUT2D eigenvalue weighted by Crippen LogP contribution is -2.13. The van der Waals surface area contributed by atoms with Gasteiger partial charge in [0.1, 0.15) is 0 Å². The molecule has 0 aliphatic rings. The van der Waals surface area contributed by atoms with Crippen LogP contribution in [0, 0.1) is 6.07 Å². The van der Waals surface area contributed by atoms with Crippen LogP contribution in [0.15, 0.2) is 24.3 Å². The molecule has 1 rings (SSSR count). The molecule has 1 aromatic rings. The number of benzene rings is 1. The molecular formula is C9H8F3. The van der Waals surface area contributed by atoms with Gasteiger partial charge < -0.3 is 0 Å². The van der Waals surface area contributed by atoms with Crippen LogP contribution >= 0.6 is 0 Å². The van der Waals surface area contributed by atoms with Gasteiger partial charge in [0.05, 0.1) is 6.67 Å². The molecule has 0 atom stereocenters. The minimum Gasteiger partial charge on any atom is -0.251 e. The zero-order valence-corrected chi connectivity index (χ0v) is 6.36. The average Bonchev–Trinajstić information content (AvgIpc) is 2.06. The normalized spacial score (nSPS) is 11.6. The molecule has 0 amide bonds. The third-order valence-corrected chi connectivity index (χ3v) is 1.54. The number of rotatable bonds is 3. The lowest BCUT2D eigenvalue weighted by atomic mass is 10.1. The van der Waals surface area contributed by atoms with Crippen LogP contribution in [-0.2, 0) is 5.92 Å². The second-order valence-corrected chi connectivity index (χ2v) is 2.44. The summed E-state index contributed by atoms with van der Waals surface area (Å²) in [6.45, 7) is -1.01. The molecular weight excluding hydrogens is 165 g/mol. The molecule has 0 aliphatic carbocycles. The summed E-state index contributed by atoms with van der Waals surface area (Å²) < 4.78 is 37.5. The molecule has 0 spiro atoms. The van der Waals surface area contributed by atoms with Gasteiger partial charge in [0.2, 0.25) is 0 Å². The molecule has 0 saturated carbocycles. The van der Waals surface area contributed by atoms with E-state index in [1.54, 1.807) is 0 Å². The highest BCUT2D eigenvalue weighted by Gasteiger charge is 2.30. The van der Waals surface area contributed by atoms with Gasteiger partial charge in [-0.15, -0.1) is 0 Å². The van der Waals surface area contributed by atoms with Crippen LogP contribution in [0.2, 0.25) is 0 Å². The molecule has 0 aromatic heterocycles. The third kappa shape index (κ3) is 2.00. The number of alkyl halides is 3. The smallest absolute Gasteiger partial charge is 0.251 e. The van der Waals surface area contributed by atoms with E-state index < -0.39 is 19.0 Å². The lowest BCUT2D eigenvalue weighted by Gasteiger charge is -2.13. The summed E-state index contributed by atoms with van der Waals surface area (Å²) in [5, 5.41) is 0. The predicted molar refractivity (Wildman–Crippen MR) is 39.8 cm³/mol. The molecule has 12 heavy (non-hydrogen) atoms. The van der Waals surface area contributed by atoms with E-state index in [2.05, 4.69) is 6.07 Å². The van der Waals surface area contributed by atoms with Gasteiger partial charge in [-0.1, -0.05) is 18.2 Å². The van der Waals surface area contributed by atoms with Crippen LogP contribution in [0.1, 0.15) is 12.0 Å². The molecule has 0 heterocycles. The van der Waals surface area contributed by atoms with Crippen molar-refractivity contribution >= 4 is 0 Å². The summed E-state index contributed by atoms with van der Waals surface area (Å²) in [6.07, 6.45) is -0.759. The fourth-order valence-corrected chi connectivity index (χ4v) is 0.884. The summed E-state index contributed by atoms with van der Waals surface area (Å²) in [7, 11) is 0. The van der Waals surface area contributed by atoms with E-state index in [0.29, 0.717) is 0 Å². The second-order valence-electron chi connectivity index (χ2n) is 2.44. The van der Waals surface area contributed by atoms with Crippen LogP contribution in [0.3, 0.4) is 0 Å². The molecule has 0 unspecified atom stereocenters. The van der Waals surface area contributed by atoms with E-state index in [9.17, 15) is 13.2 Å². The Hall–Kier alpha value is -0.990. The van der Waals surface area contributed by atoms with Crippen molar-refractivity contribution in [1.82, 2.24) is 0 Å². The van der Waals surface area contributed by atoms with Crippen molar-refractivity contribution in [2.24, 2.45) is 0 Å². The Labute approximate surface area is 69.0 Å². The van der Waals surface area contributed by atoms with Crippen molar-refractivity contribution in [1.29, 1.82) is 0 Å². The van der Waals surface area contributed by atoms with E-state index in [1.165, 1.54) is 24.3 Å². The largest absolute Gasteiger partial charge is 0.275 e. The molecule has 0 N–H and O–H groups in total. The Bertz CT molecular complexity index is 231. The molecule has 0 aliphatic heterocycles. The maximum absolute atomic E-state index is 12.9. The second kappa shape index (κ2) is 3.61. The van der Waals surface area contributed by atoms with E-state index in [1.807, 2.05) is 0 Å². The number of hydrogen-bond acceptors (Lipinski definition) is 0. The van der Waals surface area contributed by atoms with Gasteiger partial charge in [-0.25, -0.2) is 8.78 Å². The Morgan fingerprint density at radius 3 is 2.67 bits per heavy atom. The summed E-state index contributed by atoms with van der Waals surface area (Å²) in [6, 6.07) is 7.95. The highest BCUT2D eigenvalue weighted by molar-refractivity contribution is 5.18. The van der Waals surface area contributed by atoms with Crippen LogP contribution in [-0.4, -0.2) is 6.67 Å². The van der Waals surface area contributed by atoms with Crippen LogP contribution in [0.5, 0.6) is 0 Å². The predicted octanol–water partition coefficient (Wildman–Crippen LogP) is 2.94. The molecule has 0 fully saturated rings. The van der Waals surface area contributed by atoms with Crippen molar-refractivity contribution < 1.29 is 13.2 Å². The van der Waals surface area contributed by atoms with E-state index in [-0.39, 0.29) is 5.56 Å². The van der Waals surface area contributed by atoms with Gasteiger partial charge in [0, 0.05) is 12.0 Å². The highest BCUT2D eigenvalue weighted by atomic mass is 19.3. The third-order valence-electron chi connectivity index (χ3n) is 1.54. The van der Waals surface area contributed by atoms with E-state index in [0.717, 1.165) is 0 Å². The highest BCUT2D eigenvalue weighted by Crippen LogP contribution is 2.30. The van der Waals surface area contributed by atoms with Crippen molar-refractivity contribution in [3.8, 4) is 0 Å². The zero-order chi connectivity index (χ0) is 9.03. The molecule has 0 saturated heterocycles. The SMILES string of the molecule is FCCC(F)(F)c1c[c]ccc1. The van der Waals surface area contributed by atoms with Crippen LogP contribution in [0.25, 0.3) is 0 Å². The Balaban J connectivity index is 2.82. The van der Waals surface area contributed by atoms with Gasteiger partial charge in [-0.2, -0.15) is 0 Å². The summed E-state index contributed by atoms with van der Waals surface area (Å²) >= 11 is 0. The lowest BCUT2D eigenvalue weighted by molar-refractivity contribution is -0.0188. The van der Waals surface area contributed by atoms with Gasteiger partial charge in [-0.05, 0) is 12.1 Å². The van der Waals surface area contributed by atoms with Gasteiger partial charge in [0.15, 0.2) is 0 Å². The molecule has 3 heteroatoms. The minimum absolute atomic E-state index is 0.178. The maximum Gasteiger partial charge on any atom is 0.275 e. The quantitative estimate of drug-likeness (QED) is 0.659. The van der Waals surface area contributed by atoms with Crippen molar-refractivity contribution in [3.05, 3.63) is 35.9 Å². The maximum atomic E-state index is 12.9. The topological polar surface area (TPSA) is 0 Å². The number of halogens is 3. The molecule has 0 nitrogen and oxygen atoms in total.